The van der Waals surface area contributed by atoms with Crippen molar-refractivity contribution < 1.29 is 19.2 Å². The molecule has 6 rings (SSSR count). The average molecular weight is 948 g/mol. The van der Waals surface area contributed by atoms with Gasteiger partial charge in [-0.3, -0.25) is 19.2 Å². The minimum absolute atomic E-state index is 0.0189. The molecule has 368 valence electrons. The molecule has 0 radical (unpaired) electrons. The van der Waals surface area contributed by atoms with Gasteiger partial charge in [0.1, 0.15) is 0 Å². The summed E-state index contributed by atoms with van der Waals surface area (Å²) in [4.78, 5) is 53.8. The highest BCUT2D eigenvalue weighted by Gasteiger charge is 2.39. The van der Waals surface area contributed by atoms with E-state index in [4.69, 9.17) is 11.6 Å². The van der Waals surface area contributed by atoms with Gasteiger partial charge >= 0.3 is 0 Å². The molecule has 0 saturated heterocycles. The Morgan fingerprint density at radius 3 is 1.43 bits per heavy atom. The van der Waals surface area contributed by atoms with Crippen LogP contribution in [0.25, 0.3) is 0 Å². The summed E-state index contributed by atoms with van der Waals surface area (Å²) in [6.07, 6.45) is 13.5. The van der Waals surface area contributed by atoms with Crippen LogP contribution in [0.2, 0.25) is 5.02 Å². The zero-order chi connectivity index (χ0) is 48.9. The summed E-state index contributed by atoms with van der Waals surface area (Å²) < 4.78 is 0. The summed E-state index contributed by atoms with van der Waals surface area (Å²) in [6.45, 7) is 5.42. The van der Waals surface area contributed by atoms with E-state index < -0.39 is 0 Å². The molecule has 0 aromatic heterocycles. The van der Waals surface area contributed by atoms with Crippen LogP contribution in [0.3, 0.4) is 0 Å². The van der Waals surface area contributed by atoms with E-state index in [2.05, 4.69) is 140 Å². The Hall–Kier alpha value is -5.03. The number of carbonyl (C=O) groups is 4. The lowest BCUT2D eigenvalue weighted by Gasteiger charge is -2.45. The first-order valence-corrected chi connectivity index (χ1v) is 25.4. The van der Waals surface area contributed by atoms with Crippen LogP contribution in [-0.2, 0) is 44.9 Å². The van der Waals surface area contributed by atoms with Crippen molar-refractivity contribution in [3.63, 3.8) is 0 Å². The van der Waals surface area contributed by atoms with Gasteiger partial charge < -0.3 is 31.1 Å². The van der Waals surface area contributed by atoms with E-state index in [-0.39, 0.29) is 72.5 Å². The first kappa shape index (κ1) is 53.9. The SMILES string of the molecule is CN(C)C1(Cc2cccc(Cl)c2)CCC(NC(=O)CCC(=O)NCCCc2ccccc2)CC1.Cc1ccc(CCNC(=O)CCC(=O)NC2CCC(Cc3ccc(C)cc3)(N(C)C)CC2)cc1. The third kappa shape index (κ3) is 18.1. The number of amides is 4. The van der Waals surface area contributed by atoms with E-state index in [1.54, 1.807) is 0 Å². The zero-order valence-corrected chi connectivity index (χ0v) is 42.6. The molecule has 4 amide bonds. The van der Waals surface area contributed by atoms with E-state index in [1.807, 2.05) is 36.4 Å². The van der Waals surface area contributed by atoms with E-state index in [9.17, 15) is 19.2 Å². The van der Waals surface area contributed by atoms with Crippen LogP contribution in [0, 0.1) is 13.8 Å². The van der Waals surface area contributed by atoms with E-state index >= 15 is 0 Å². The molecule has 4 aromatic carbocycles. The molecule has 2 fully saturated rings. The van der Waals surface area contributed by atoms with Crippen LogP contribution in [0.15, 0.2) is 103 Å². The topological polar surface area (TPSA) is 123 Å². The van der Waals surface area contributed by atoms with E-state index in [1.165, 1.54) is 33.4 Å². The molecular weight excluding hydrogens is 868 g/mol. The summed E-state index contributed by atoms with van der Waals surface area (Å²) in [5, 5.41) is 13.0. The quantitative estimate of drug-likeness (QED) is 0.0619. The molecule has 4 aromatic rings. The molecule has 0 unspecified atom stereocenters. The van der Waals surface area contributed by atoms with Gasteiger partial charge in [0.25, 0.3) is 0 Å². The molecule has 0 spiro atoms. The Morgan fingerprint density at radius 2 is 0.941 bits per heavy atom. The van der Waals surface area contributed by atoms with Gasteiger partial charge in [-0.2, -0.15) is 0 Å². The predicted molar refractivity (Wildman–Crippen MR) is 278 cm³/mol. The number of rotatable bonds is 21. The number of halogens is 1. The molecule has 0 aliphatic heterocycles. The monoisotopic (exact) mass is 947 g/mol. The second kappa shape index (κ2) is 27.2. The van der Waals surface area contributed by atoms with Crippen molar-refractivity contribution in [2.75, 3.05) is 41.3 Å². The van der Waals surface area contributed by atoms with E-state index in [0.29, 0.717) is 13.1 Å². The molecular formula is C57H79ClN6O4. The molecule has 11 heteroatoms. The van der Waals surface area contributed by atoms with E-state index in [0.717, 1.165) is 88.5 Å². The Balaban J connectivity index is 0.000000254. The summed E-state index contributed by atoms with van der Waals surface area (Å²) >= 11 is 6.19. The van der Waals surface area contributed by atoms with Crippen LogP contribution in [0.4, 0.5) is 0 Å². The standard InChI is InChI=1S/C29H41N3O2.C28H38ClN3O2/c1-22-5-9-24(10-6-22)17-20-30-27(33)13-14-28(34)31-26-15-18-29(19-16-26,32(3)4)21-25-11-7-23(2)8-12-25;1-32(2)28(21-23-10-6-12-24(29)20-23)17-15-25(16-18-28)31-27(34)14-13-26(33)30-19-7-11-22-8-4-3-5-9-22/h5-12,26H,13-21H2,1-4H3,(H,30,33)(H,31,34);3-6,8-10,12,20,25H,7,11,13-19,21H2,1-2H3,(H,30,33)(H,31,34). The van der Waals surface area contributed by atoms with Gasteiger partial charge in [0, 0.05) is 67.0 Å². The second-order valence-electron chi connectivity index (χ2n) is 19.9. The number of hydrogen-bond donors (Lipinski definition) is 4. The number of benzene rings is 4. The molecule has 68 heavy (non-hydrogen) atoms. The fourth-order valence-corrected chi connectivity index (χ4v) is 9.99. The van der Waals surface area contributed by atoms with Crippen LogP contribution >= 0.6 is 11.6 Å². The maximum absolute atomic E-state index is 12.5. The molecule has 10 nitrogen and oxygen atoms in total. The number of carbonyl (C=O) groups excluding carboxylic acids is 4. The summed E-state index contributed by atoms with van der Waals surface area (Å²) in [7, 11) is 8.62. The van der Waals surface area contributed by atoms with Gasteiger partial charge in [-0.15, -0.1) is 0 Å². The predicted octanol–water partition coefficient (Wildman–Crippen LogP) is 9.12. The number of likely N-dealkylation sites (N-methyl/N-ethyl adjacent to an activating group) is 2. The largest absolute Gasteiger partial charge is 0.356 e. The lowest BCUT2D eigenvalue weighted by molar-refractivity contribution is -0.127. The summed E-state index contributed by atoms with van der Waals surface area (Å²) in [6, 6.07) is 35.9. The lowest BCUT2D eigenvalue weighted by Crippen LogP contribution is -2.52. The normalized spacial score (nSPS) is 20.2. The molecule has 4 N–H and O–H groups in total. The second-order valence-corrected chi connectivity index (χ2v) is 20.4. The third-order valence-electron chi connectivity index (χ3n) is 14.4. The highest BCUT2D eigenvalue weighted by molar-refractivity contribution is 6.30. The Bertz CT molecular complexity index is 2160. The number of nitrogens with zero attached hydrogens (tertiary/aromatic N) is 2. The Labute approximate surface area is 412 Å². The minimum Gasteiger partial charge on any atom is -0.356 e. The van der Waals surface area contributed by atoms with Crippen molar-refractivity contribution in [1.82, 2.24) is 31.1 Å². The number of hydrogen-bond acceptors (Lipinski definition) is 6. The van der Waals surface area contributed by atoms with Crippen molar-refractivity contribution in [2.45, 2.75) is 146 Å². The van der Waals surface area contributed by atoms with Gasteiger partial charge in [0.15, 0.2) is 0 Å². The van der Waals surface area contributed by atoms with Crippen LogP contribution in [0.5, 0.6) is 0 Å². The Morgan fingerprint density at radius 1 is 0.515 bits per heavy atom. The number of aryl methyl sites for hydroxylation is 3. The van der Waals surface area contributed by atoms with Crippen LogP contribution < -0.4 is 21.3 Å². The van der Waals surface area contributed by atoms with Crippen molar-refractivity contribution in [3.8, 4) is 0 Å². The van der Waals surface area contributed by atoms with Gasteiger partial charge in [-0.25, -0.2) is 0 Å². The van der Waals surface area contributed by atoms with Crippen molar-refractivity contribution in [3.05, 3.63) is 142 Å². The third-order valence-corrected chi connectivity index (χ3v) is 14.6. The maximum Gasteiger partial charge on any atom is 0.220 e. The van der Waals surface area contributed by atoms with Gasteiger partial charge in [-0.05, 0) is 160 Å². The van der Waals surface area contributed by atoms with Gasteiger partial charge in [0.2, 0.25) is 23.6 Å². The molecule has 0 bridgehead atoms. The van der Waals surface area contributed by atoms with Crippen LogP contribution in [0.1, 0.15) is 117 Å². The Kier molecular flexibility index (Phi) is 21.6. The van der Waals surface area contributed by atoms with Crippen molar-refractivity contribution in [1.29, 1.82) is 0 Å². The zero-order valence-electron chi connectivity index (χ0n) is 41.8. The fourth-order valence-electron chi connectivity index (χ4n) is 9.77. The highest BCUT2D eigenvalue weighted by atomic mass is 35.5. The smallest absolute Gasteiger partial charge is 0.220 e. The van der Waals surface area contributed by atoms with Crippen molar-refractivity contribution >= 4 is 35.2 Å². The first-order chi connectivity index (χ1) is 32.6. The summed E-state index contributed by atoms with van der Waals surface area (Å²) in [5.41, 5.74) is 7.82. The summed E-state index contributed by atoms with van der Waals surface area (Å²) in [5.74, 6) is -0.165. The molecule has 2 saturated carbocycles. The average Bonchev–Trinajstić information content (AvgIpc) is 3.32. The van der Waals surface area contributed by atoms with Gasteiger partial charge in [-0.1, -0.05) is 114 Å². The molecule has 2 aliphatic rings. The molecule has 0 atom stereocenters. The fraction of sp³-hybridized carbons (Fsp3) is 0.509. The molecule has 2 aliphatic carbocycles. The number of nitrogens with one attached hydrogen (secondary N) is 4. The highest BCUT2D eigenvalue weighted by Crippen LogP contribution is 2.37. The maximum atomic E-state index is 12.5. The van der Waals surface area contributed by atoms with Gasteiger partial charge in [0.05, 0.1) is 0 Å². The minimum atomic E-state index is -0.0596. The van der Waals surface area contributed by atoms with Crippen molar-refractivity contribution in [2.24, 2.45) is 0 Å². The first-order valence-electron chi connectivity index (χ1n) is 25.0. The molecule has 0 heterocycles. The van der Waals surface area contributed by atoms with Crippen LogP contribution in [-0.4, -0.2) is 97.9 Å². The lowest BCUT2D eigenvalue weighted by atomic mass is 9.74.